The molecule has 1 aliphatic carbocycles. The number of fused-ring (bicyclic) bond motifs is 9. The molecule has 0 saturated heterocycles. The summed E-state index contributed by atoms with van der Waals surface area (Å²) < 4.78 is 7.25. The van der Waals surface area contributed by atoms with Crippen molar-refractivity contribution < 1.29 is 4.74 Å². The van der Waals surface area contributed by atoms with Gasteiger partial charge in [0.05, 0.1) is 11.1 Å². The molecule has 0 fully saturated rings. The van der Waals surface area contributed by atoms with E-state index in [4.69, 9.17) is 14.7 Å². The van der Waals surface area contributed by atoms with Gasteiger partial charge in [0.25, 0.3) is 0 Å². The molecule has 2 aromatic heterocycles. The van der Waals surface area contributed by atoms with Crippen LogP contribution < -0.4 is 4.74 Å². The van der Waals surface area contributed by atoms with Gasteiger partial charge in [0.15, 0.2) is 5.82 Å². The Morgan fingerprint density at radius 3 is 1.64 bits per heavy atom. The van der Waals surface area contributed by atoms with Gasteiger partial charge in [-0.15, -0.1) is 0 Å². The summed E-state index contributed by atoms with van der Waals surface area (Å²) in [6.45, 7) is 4.15. The molecule has 0 N–H and O–H groups in total. The molecule has 64 heavy (non-hydrogen) atoms. The van der Waals surface area contributed by atoms with Gasteiger partial charge in [0, 0.05) is 51.5 Å². The number of aromatic nitrogens is 3. The first-order valence-corrected chi connectivity index (χ1v) is 21.8. The third-order valence-electron chi connectivity index (χ3n) is 12.9. The van der Waals surface area contributed by atoms with Gasteiger partial charge in [0.2, 0.25) is 0 Å². The summed E-state index contributed by atoms with van der Waals surface area (Å²) in [5, 5.41) is 0. The highest BCUT2D eigenvalue weighted by molar-refractivity contribution is 5.93. The highest BCUT2D eigenvalue weighted by Gasteiger charge is 2.51. The molecule has 1 aliphatic heterocycles. The lowest BCUT2D eigenvalue weighted by Gasteiger charge is -2.40. The van der Waals surface area contributed by atoms with Crippen LogP contribution in [0, 0.1) is 13.8 Å². The fourth-order valence-corrected chi connectivity index (χ4v) is 10.3. The van der Waals surface area contributed by atoms with Gasteiger partial charge in [0.1, 0.15) is 11.5 Å². The minimum atomic E-state index is -0.683. The topological polar surface area (TPSA) is 47.9 Å². The average Bonchev–Trinajstić information content (AvgIpc) is 3.64. The van der Waals surface area contributed by atoms with Gasteiger partial charge in [-0.05, 0) is 111 Å². The first kappa shape index (κ1) is 37.5. The van der Waals surface area contributed by atoms with Crippen molar-refractivity contribution in [1.29, 1.82) is 0 Å². The number of hydrogen-bond donors (Lipinski definition) is 0. The van der Waals surface area contributed by atoms with Crippen LogP contribution in [-0.2, 0) is 5.41 Å². The molecular weight excluding hydrogens is 779 g/mol. The summed E-state index contributed by atoms with van der Waals surface area (Å²) in [5.41, 5.74) is 20.0. The monoisotopic (exact) mass is 819 g/mol. The molecule has 0 bridgehead atoms. The van der Waals surface area contributed by atoms with E-state index in [1.807, 2.05) is 12.4 Å². The second-order valence-corrected chi connectivity index (χ2v) is 16.8. The van der Waals surface area contributed by atoms with E-state index in [0.717, 1.165) is 95.2 Å². The molecule has 1 spiro atoms. The highest BCUT2D eigenvalue weighted by atomic mass is 16.5. The Kier molecular flexibility index (Phi) is 8.80. The lowest BCUT2D eigenvalue weighted by atomic mass is 9.65. The molecule has 4 heteroatoms. The van der Waals surface area contributed by atoms with Crippen LogP contribution in [0.2, 0.25) is 0 Å². The minimum Gasteiger partial charge on any atom is -0.456 e. The minimum absolute atomic E-state index is 0.656. The van der Waals surface area contributed by atoms with Crippen molar-refractivity contribution >= 4 is 0 Å². The molecular formula is C60H41N3O. The van der Waals surface area contributed by atoms with E-state index >= 15 is 0 Å². The molecule has 12 rings (SSSR count). The smallest absolute Gasteiger partial charge is 0.160 e. The van der Waals surface area contributed by atoms with Gasteiger partial charge >= 0.3 is 0 Å². The van der Waals surface area contributed by atoms with Crippen molar-refractivity contribution in [2.45, 2.75) is 19.3 Å². The van der Waals surface area contributed by atoms with E-state index in [1.165, 1.54) is 22.3 Å². The third-order valence-corrected chi connectivity index (χ3v) is 12.9. The fourth-order valence-electron chi connectivity index (χ4n) is 10.3. The van der Waals surface area contributed by atoms with E-state index in [1.54, 1.807) is 0 Å². The van der Waals surface area contributed by atoms with Gasteiger partial charge in [-0.3, -0.25) is 4.98 Å². The predicted molar refractivity (Wildman–Crippen MR) is 259 cm³/mol. The molecule has 4 nitrogen and oxygen atoms in total. The van der Waals surface area contributed by atoms with Crippen LogP contribution >= 0.6 is 0 Å². The number of hydrogen-bond acceptors (Lipinski definition) is 4. The molecule has 0 amide bonds. The lowest BCUT2D eigenvalue weighted by molar-refractivity contribution is 0.438. The molecule has 0 atom stereocenters. The Morgan fingerprint density at radius 1 is 0.375 bits per heavy atom. The van der Waals surface area contributed by atoms with Gasteiger partial charge in [-0.25, -0.2) is 9.97 Å². The molecule has 0 radical (unpaired) electrons. The molecule has 2 aliphatic rings. The number of para-hydroxylation sites is 1. The molecule has 3 heterocycles. The van der Waals surface area contributed by atoms with Crippen LogP contribution in [0.25, 0.3) is 78.3 Å². The first-order valence-electron chi connectivity index (χ1n) is 21.8. The number of benzene rings is 8. The standard InChI is InChI=1S/C60H41N3O/c1-38-31-44(37-61-36-38)47-23-7-6-22-46(47)41-19-16-20-42(33-41)51-34-43(59-62-39(2)32-56(63-59)50-26-9-8-21-45(50)40-17-4-3-5-18-40)35-55-58(51)64-57-30-15-14-29-54(57)60(55)52-27-12-10-24-48(52)49-25-11-13-28-53(49)60/h3-37H,1-2H3. The molecule has 0 saturated carbocycles. The Morgan fingerprint density at radius 2 is 0.938 bits per heavy atom. The van der Waals surface area contributed by atoms with Crippen LogP contribution in [0.15, 0.2) is 213 Å². The molecule has 0 unspecified atom stereocenters. The summed E-state index contributed by atoms with van der Waals surface area (Å²) >= 11 is 0. The number of pyridine rings is 1. The van der Waals surface area contributed by atoms with Crippen LogP contribution in [0.1, 0.15) is 33.5 Å². The average molecular weight is 820 g/mol. The van der Waals surface area contributed by atoms with E-state index in [0.29, 0.717) is 5.82 Å². The summed E-state index contributed by atoms with van der Waals surface area (Å²) in [6.07, 6.45) is 3.85. The summed E-state index contributed by atoms with van der Waals surface area (Å²) in [5.74, 6) is 2.32. The largest absolute Gasteiger partial charge is 0.456 e. The zero-order valence-corrected chi connectivity index (χ0v) is 35.5. The van der Waals surface area contributed by atoms with E-state index in [-0.39, 0.29) is 0 Å². The van der Waals surface area contributed by atoms with Crippen LogP contribution in [0.4, 0.5) is 0 Å². The molecule has 302 valence electrons. The Balaban J connectivity index is 1.14. The zero-order valence-electron chi connectivity index (χ0n) is 35.5. The normalized spacial score (nSPS) is 12.8. The lowest BCUT2D eigenvalue weighted by Crippen LogP contribution is -2.32. The van der Waals surface area contributed by atoms with E-state index in [9.17, 15) is 0 Å². The maximum Gasteiger partial charge on any atom is 0.160 e. The fraction of sp³-hybridized carbons (Fsp3) is 0.0500. The number of aryl methyl sites for hydroxylation is 2. The van der Waals surface area contributed by atoms with Crippen molar-refractivity contribution in [2.24, 2.45) is 0 Å². The Labute approximate surface area is 373 Å². The Bertz CT molecular complexity index is 3420. The highest BCUT2D eigenvalue weighted by Crippen LogP contribution is 2.63. The van der Waals surface area contributed by atoms with Crippen LogP contribution in [-0.4, -0.2) is 15.0 Å². The van der Waals surface area contributed by atoms with Gasteiger partial charge < -0.3 is 4.74 Å². The van der Waals surface area contributed by atoms with Crippen molar-refractivity contribution in [3.63, 3.8) is 0 Å². The number of rotatable bonds is 6. The summed E-state index contributed by atoms with van der Waals surface area (Å²) in [4.78, 5) is 15.2. The van der Waals surface area contributed by atoms with Crippen molar-refractivity contribution in [3.05, 3.63) is 246 Å². The first-order chi connectivity index (χ1) is 31.5. The maximum atomic E-state index is 7.25. The van der Waals surface area contributed by atoms with Gasteiger partial charge in [-0.1, -0.05) is 164 Å². The number of nitrogens with zero attached hydrogens (tertiary/aromatic N) is 3. The second-order valence-electron chi connectivity index (χ2n) is 16.8. The van der Waals surface area contributed by atoms with Crippen LogP contribution in [0.3, 0.4) is 0 Å². The van der Waals surface area contributed by atoms with Gasteiger partial charge in [-0.2, -0.15) is 0 Å². The van der Waals surface area contributed by atoms with Crippen molar-refractivity contribution in [2.75, 3.05) is 0 Å². The van der Waals surface area contributed by atoms with Crippen molar-refractivity contribution in [1.82, 2.24) is 15.0 Å². The Hall–Kier alpha value is -8.21. The molecule has 10 aromatic rings. The quantitative estimate of drug-likeness (QED) is 0.168. The predicted octanol–water partition coefficient (Wildman–Crippen LogP) is 15.0. The number of ether oxygens (including phenoxy) is 1. The van der Waals surface area contributed by atoms with E-state index < -0.39 is 5.41 Å². The second kappa shape index (κ2) is 15.0. The van der Waals surface area contributed by atoms with Crippen molar-refractivity contribution in [3.8, 4) is 89.8 Å². The summed E-state index contributed by atoms with van der Waals surface area (Å²) in [6, 6.07) is 71.6. The third kappa shape index (κ3) is 5.95. The maximum absolute atomic E-state index is 7.25. The SMILES string of the molecule is Cc1cncc(-c2ccccc2-c2cccc(-c3cc(-c4nc(C)cc(-c5ccccc5-c5ccccc5)n4)cc4c3Oc3ccccc3C43c4ccccc4-c4ccccc43)c2)c1. The molecule has 8 aromatic carbocycles. The van der Waals surface area contributed by atoms with E-state index in [2.05, 4.69) is 219 Å². The zero-order chi connectivity index (χ0) is 42.8. The van der Waals surface area contributed by atoms with Crippen LogP contribution in [0.5, 0.6) is 11.5 Å². The summed E-state index contributed by atoms with van der Waals surface area (Å²) in [7, 11) is 0.